The van der Waals surface area contributed by atoms with Gasteiger partial charge in [-0.3, -0.25) is 0 Å². The first kappa shape index (κ1) is 5.60. The minimum absolute atomic E-state index is 0.614. The van der Waals surface area contributed by atoms with Gasteiger partial charge in [0.1, 0.15) is 0 Å². The van der Waals surface area contributed by atoms with Gasteiger partial charge in [-0.15, -0.1) is 0 Å². The van der Waals surface area contributed by atoms with Gasteiger partial charge in [-0.25, -0.2) is 0 Å². The average Bonchev–Trinajstić information content (AvgIpc) is 1.41. The molecule has 0 bridgehead atoms. The number of hydrogen-bond acceptors (Lipinski definition) is 1. The molecule has 0 aromatic carbocycles. The van der Waals surface area contributed by atoms with Gasteiger partial charge in [-0.05, 0) is 0 Å². The first-order chi connectivity index (χ1) is 2.41. The van der Waals surface area contributed by atoms with Gasteiger partial charge in [0.05, 0.1) is 0 Å². The van der Waals surface area contributed by atoms with Crippen LogP contribution in [-0.4, -0.2) is 25.6 Å². The van der Waals surface area contributed by atoms with Gasteiger partial charge in [0.25, 0.3) is 0 Å². The van der Waals surface area contributed by atoms with Crippen LogP contribution in [0.3, 0.4) is 0 Å². The van der Waals surface area contributed by atoms with Crippen molar-refractivity contribution in [2.24, 2.45) is 0 Å². The van der Waals surface area contributed by atoms with Crippen molar-refractivity contribution in [3.63, 3.8) is 0 Å². The van der Waals surface area contributed by atoms with E-state index in [9.17, 15) is 0 Å². The molecule has 1 nitrogen and oxygen atoms in total. The van der Waals surface area contributed by atoms with Crippen LogP contribution < -0.4 is 0 Å². The summed E-state index contributed by atoms with van der Waals surface area (Å²) < 4.78 is 4.88. The Bertz CT molecular complexity index is 14.4. The number of rotatable bonds is 2. The Labute approximate surface area is 43.0 Å². The Morgan fingerprint density at radius 2 is 2.40 bits per heavy atom. The van der Waals surface area contributed by atoms with Crippen LogP contribution in [0.5, 0.6) is 0 Å². The summed E-state index contributed by atoms with van der Waals surface area (Å²) in [6, 6.07) is 0. The van der Waals surface area contributed by atoms with Gasteiger partial charge in [-0.1, -0.05) is 0 Å². The summed E-state index contributed by atoms with van der Waals surface area (Å²) in [5.74, 6) is 0. The SMILES string of the molecule is CCC[O][GaH2]. The molecule has 0 atom stereocenters. The Hall–Kier alpha value is 0.596. The average molecular weight is 131 g/mol. The molecule has 5 heavy (non-hydrogen) atoms. The van der Waals surface area contributed by atoms with E-state index in [0.29, 0.717) is 19.0 Å². The van der Waals surface area contributed by atoms with E-state index in [-0.39, 0.29) is 0 Å². The Balaban J connectivity index is 2.19. The summed E-state index contributed by atoms with van der Waals surface area (Å²) in [7, 11) is 0. The molecule has 0 spiro atoms. The topological polar surface area (TPSA) is 9.23 Å². The fraction of sp³-hybridized carbons (Fsp3) is 1.00. The minimum atomic E-state index is 0.614. The van der Waals surface area contributed by atoms with Crippen molar-refractivity contribution in [3.05, 3.63) is 0 Å². The third-order valence-corrected chi connectivity index (χ3v) is 1.26. The Morgan fingerprint density at radius 3 is 2.40 bits per heavy atom. The van der Waals surface area contributed by atoms with Crippen LogP contribution in [0.4, 0.5) is 0 Å². The summed E-state index contributed by atoms with van der Waals surface area (Å²) in [6.07, 6.45) is 1.17. The predicted molar refractivity (Wildman–Crippen MR) is 24.8 cm³/mol. The molecule has 0 amide bonds. The third kappa shape index (κ3) is 4.60. The van der Waals surface area contributed by atoms with Crippen LogP contribution in [0.25, 0.3) is 0 Å². The quantitative estimate of drug-likeness (QED) is 0.477. The van der Waals surface area contributed by atoms with Crippen molar-refractivity contribution in [1.82, 2.24) is 0 Å². The molecule has 0 rings (SSSR count). The molecule has 0 fully saturated rings. The van der Waals surface area contributed by atoms with Crippen LogP contribution >= 0.6 is 0 Å². The van der Waals surface area contributed by atoms with Crippen molar-refractivity contribution in [1.29, 1.82) is 0 Å². The molecule has 0 heterocycles. The number of hydrogen-bond donors (Lipinski definition) is 0. The van der Waals surface area contributed by atoms with Crippen molar-refractivity contribution < 1.29 is 3.53 Å². The van der Waals surface area contributed by atoms with Crippen LogP contribution in [-0.2, 0) is 3.53 Å². The second kappa shape index (κ2) is 4.60. The van der Waals surface area contributed by atoms with E-state index in [0.717, 1.165) is 6.61 Å². The molecular formula is C3H9GaO. The zero-order chi connectivity index (χ0) is 4.12. The molecule has 30 valence electrons. The first-order valence-electron chi connectivity index (χ1n) is 1.90. The Morgan fingerprint density at radius 1 is 1.80 bits per heavy atom. The fourth-order valence-electron chi connectivity index (χ4n) is 0.204. The maximum atomic E-state index is 4.88. The zero-order valence-electron chi connectivity index (χ0n) is 3.82. The normalized spacial score (nSPS) is 8.20. The molecular weight excluding hydrogens is 122 g/mol. The molecule has 2 heteroatoms. The van der Waals surface area contributed by atoms with Gasteiger partial charge >= 0.3 is 42.4 Å². The van der Waals surface area contributed by atoms with Crippen molar-refractivity contribution in [3.8, 4) is 0 Å². The molecule has 0 radical (unpaired) electrons. The van der Waals surface area contributed by atoms with Crippen LogP contribution in [0.15, 0.2) is 0 Å². The summed E-state index contributed by atoms with van der Waals surface area (Å²) in [4.78, 5) is 0. The van der Waals surface area contributed by atoms with E-state index < -0.39 is 0 Å². The van der Waals surface area contributed by atoms with Gasteiger partial charge in [0.15, 0.2) is 0 Å². The predicted octanol–water partition coefficient (Wildman–Crippen LogP) is -0.0389. The molecule has 0 aliphatic heterocycles. The Kier molecular flexibility index (Phi) is 5.14. The summed E-state index contributed by atoms with van der Waals surface area (Å²) in [6.45, 7) is 3.09. The van der Waals surface area contributed by atoms with Crippen molar-refractivity contribution in [2.45, 2.75) is 13.3 Å². The van der Waals surface area contributed by atoms with E-state index >= 15 is 0 Å². The summed E-state index contributed by atoms with van der Waals surface area (Å²) in [5, 5.41) is 0. The standard InChI is InChI=1S/C3H7O.Ga.2H/c1-2-3-4;;;/h2-3H2,1H3;;;/q-1;+1;;. The summed E-state index contributed by atoms with van der Waals surface area (Å²) >= 11 is 0.614. The van der Waals surface area contributed by atoms with Gasteiger partial charge in [0, 0.05) is 0 Å². The molecule has 0 aliphatic carbocycles. The van der Waals surface area contributed by atoms with Gasteiger partial charge in [-0.2, -0.15) is 0 Å². The monoisotopic (exact) mass is 130 g/mol. The van der Waals surface area contributed by atoms with E-state index in [1.165, 1.54) is 6.42 Å². The van der Waals surface area contributed by atoms with Gasteiger partial charge in [0.2, 0.25) is 0 Å². The van der Waals surface area contributed by atoms with E-state index in [1.54, 1.807) is 0 Å². The van der Waals surface area contributed by atoms with E-state index in [1.807, 2.05) is 0 Å². The molecule has 0 aromatic heterocycles. The second-order valence-corrected chi connectivity index (χ2v) is 2.20. The van der Waals surface area contributed by atoms with Crippen LogP contribution in [0.1, 0.15) is 13.3 Å². The van der Waals surface area contributed by atoms with Gasteiger partial charge < -0.3 is 0 Å². The fourth-order valence-corrected chi connectivity index (χ4v) is 1.06. The molecule has 0 unspecified atom stereocenters. The second-order valence-electron chi connectivity index (χ2n) is 0.993. The zero-order valence-corrected chi connectivity index (χ0v) is 8.02. The molecule has 0 N–H and O–H groups in total. The van der Waals surface area contributed by atoms with E-state index in [2.05, 4.69) is 6.92 Å². The van der Waals surface area contributed by atoms with Crippen LogP contribution in [0.2, 0.25) is 0 Å². The first-order valence-corrected chi connectivity index (χ1v) is 3.62. The van der Waals surface area contributed by atoms with Crippen molar-refractivity contribution in [2.75, 3.05) is 6.61 Å². The molecule has 0 saturated carbocycles. The van der Waals surface area contributed by atoms with Crippen molar-refractivity contribution >= 4 is 19.0 Å². The molecule has 0 saturated heterocycles. The third-order valence-electron chi connectivity index (χ3n) is 0.408. The van der Waals surface area contributed by atoms with Crippen LogP contribution in [0, 0.1) is 0 Å². The summed E-state index contributed by atoms with van der Waals surface area (Å²) in [5.41, 5.74) is 0. The molecule has 0 aliphatic rings. The maximum absolute atomic E-state index is 4.88. The molecule has 0 aromatic rings. The van der Waals surface area contributed by atoms with E-state index in [4.69, 9.17) is 3.53 Å².